The molecule has 0 spiro atoms. The van der Waals surface area contributed by atoms with Crippen LogP contribution in [0.3, 0.4) is 0 Å². The lowest BCUT2D eigenvalue weighted by atomic mass is 10.3. The summed E-state index contributed by atoms with van der Waals surface area (Å²) in [5.74, 6) is -1.11. The molecule has 2 heterocycles. The number of hydrogen-bond donors (Lipinski definition) is 1. The predicted octanol–water partition coefficient (Wildman–Crippen LogP) is -0.0784. The topological polar surface area (TPSA) is 71.4 Å². The minimum Gasteiger partial charge on any atom is -0.340 e. The van der Waals surface area contributed by atoms with Gasteiger partial charge in [-0.1, -0.05) is 0 Å². The van der Waals surface area contributed by atoms with Crippen LogP contribution in [-0.2, 0) is 9.59 Å². The van der Waals surface area contributed by atoms with Crippen LogP contribution >= 0.6 is 0 Å². The summed E-state index contributed by atoms with van der Waals surface area (Å²) in [7, 11) is 0. The maximum absolute atomic E-state index is 12.3. The molecule has 1 aromatic rings. The molecule has 18 heavy (non-hydrogen) atoms. The number of nitrogens with zero attached hydrogens (tertiary/aromatic N) is 2. The minimum absolute atomic E-state index is 0.0551. The fraction of sp³-hybridized carbons (Fsp3) is 0.417. The Kier molecular flexibility index (Phi) is 2.43. The lowest BCUT2D eigenvalue weighted by molar-refractivity contribution is -0.135. The van der Waals surface area contributed by atoms with Crippen molar-refractivity contribution < 1.29 is 14.4 Å². The normalized spacial score (nSPS) is 19.9. The van der Waals surface area contributed by atoms with E-state index < -0.39 is 11.8 Å². The first-order chi connectivity index (χ1) is 8.65. The summed E-state index contributed by atoms with van der Waals surface area (Å²) in [5, 5.41) is 2.18. The summed E-state index contributed by atoms with van der Waals surface area (Å²) in [5.41, 5.74) is 0.556. The summed E-state index contributed by atoms with van der Waals surface area (Å²) in [6.07, 6.45) is 4.03. The van der Waals surface area contributed by atoms with Gasteiger partial charge in [-0.25, -0.2) is 0 Å². The van der Waals surface area contributed by atoms with E-state index in [4.69, 9.17) is 0 Å². The summed E-state index contributed by atoms with van der Waals surface area (Å²) in [6.45, 7) is -0.110. The van der Waals surface area contributed by atoms with Crippen LogP contribution in [0.15, 0.2) is 18.3 Å². The first-order valence-corrected chi connectivity index (χ1v) is 5.94. The molecule has 1 saturated heterocycles. The van der Waals surface area contributed by atoms with Crippen LogP contribution in [0.4, 0.5) is 0 Å². The third kappa shape index (κ3) is 1.90. The van der Waals surface area contributed by atoms with Crippen molar-refractivity contribution in [3.8, 4) is 0 Å². The molecule has 0 unspecified atom stereocenters. The molecule has 2 aliphatic rings. The van der Waals surface area contributed by atoms with Gasteiger partial charge in [-0.2, -0.15) is 0 Å². The van der Waals surface area contributed by atoms with Crippen molar-refractivity contribution in [3.05, 3.63) is 24.0 Å². The van der Waals surface area contributed by atoms with Crippen LogP contribution in [0.1, 0.15) is 29.4 Å². The second kappa shape index (κ2) is 3.97. The minimum atomic E-state index is -0.427. The third-order valence-corrected chi connectivity index (χ3v) is 3.17. The van der Waals surface area contributed by atoms with Crippen LogP contribution < -0.4 is 5.32 Å². The van der Waals surface area contributed by atoms with E-state index in [0.29, 0.717) is 11.7 Å². The molecule has 0 bridgehead atoms. The number of aromatic nitrogens is 1. The van der Waals surface area contributed by atoms with Gasteiger partial charge < -0.3 is 9.47 Å². The Morgan fingerprint density at radius 1 is 1.22 bits per heavy atom. The fourth-order valence-electron chi connectivity index (χ4n) is 2.19. The van der Waals surface area contributed by atoms with Crippen molar-refractivity contribution in [1.29, 1.82) is 0 Å². The standard InChI is InChI=1S/C12H13N3O3/c16-10-6-14(7-11(17)13-10)12(18)9-2-1-5-15(9)8-3-4-8/h1-2,5,8H,3-4,6-7H2,(H,13,16,17). The van der Waals surface area contributed by atoms with E-state index in [1.165, 1.54) is 4.90 Å². The first kappa shape index (κ1) is 11.0. The molecule has 1 N–H and O–H groups in total. The van der Waals surface area contributed by atoms with Gasteiger partial charge in [-0.15, -0.1) is 0 Å². The number of imide groups is 1. The Bertz CT molecular complexity index is 514. The van der Waals surface area contributed by atoms with Gasteiger partial charge in [0.15, 0.2) is 0 Å². The van der Waals surface area contributed by atoms with E-state index in [-0.39, 0.29) is 19.0 Å². The summed E-state index contributed by atoms with van der Waals surface area (Å²) in [4.78, 5) is 36.1. The van der Waals surface area contributed by atoms with Gasteiger partial charge in [0.05, 0.1) is 0 Å². The van der Waals surface area contributed by atoms with Crippen molar-refractivity contribution in [3.63, 3.8) is 0 Å². The van der Waals surface area contributed by atoms with Crippen molar-refractivity contribution in [2.75, 3.05) is 13.1 Å². The van der Waals surface area contributed by atoms with E-state index in [2.05, 4.69) is 5.32 Å². The predicted molar refractivity (Wildman–Crippen MR) is 61.8 cm³/mol. The number of nitrogens with one attached hydrogen (secondary N) is 1. The molecule has 1 aliphatic carbocycles. The molecule has 3 rings (SSSR count). The van der Waals surface area contributed by atoms with Gasteiger partial charge >= 0.3 is 0 Å². The van der Waals surface area contributed by atoms with E-state index >= 15 is 0 Å². The molecule has 0 aromatic carbocycles. The lowest BCUT2D eigenvalue weighted by Crippen LogP contribution is -2.53. The van der Waals surface area contributed by atoms with Crippen molar-refractivity contribution in [2.45, 2.75) is 18.9 Å². The molecule has 1 aromatic heterocycles. The lowest BCUT2D eigenvalue weighted by Gasteiger charge is -2.25. The molecule has 3 amide bonds. The zero-order valence-corrected chi connectivity index (χ0v) is 9.76. The van der Waals surface area contributed by atoms with Gasteiger partial charge in [0.1, 0.15) is 18.8 Å². The number of rotatable bonds is 2. The maximum Gasteiger partial charge on any atom is 0.271 e. The molecular formula is C12H13N3O3. The van der Waals surface area contributed by atoms with E-state index in [0.717, 1.165) is 12.8 Å². The Morgan fingerprint density at radius 2 is 1.89 bits per heavy atom. The molecular weight excluding hydrogens is 234 g/mol. The first-order valence-electron chi connectivity index (χ1n) is 5.94. The second-order valence-corrected chi connectivity index (χ2v) is 4.66. The monoisotopic (exact) mass is 247 g/mol. The van der Waals surface area contributed by atoms with Crippen LogP contribution in [-0.4, -0.2) is 40.3 Å². The molecule has 0 radical (unpaired) electrons. The number of carbonyl (C=O) groups excluding carboxylic acids is 3. The number of amides is 3. The van der Waals surface area contributed by atoms with Crippen LogP contribution in [0.2, 0.25) is 0 Å². The average molecular weight is 247 g/mol. The highest BCUT2D eigenvalue weighted by molar-refractivity contribution is 6.05. The highest BCUT2D eigenvalue weighted by Crippen LogP contribution is 2.36. The molecule has 6 nitrogen and oxygen atoms in total. The molecule has 1 aliphatic heterocycles. The average Bonchev–Trinajstić information content (AvgIpc) is 3.05. The van der Waals surface area contributed by atoms with Gasteiger partial charge in [0.2, 0.25) is 11.8 Å². The summed E-state index contributed by atoms with van der Waals surface area (Å²) >= 11 is 0. The molecule has 1 saturated carbocycles. The van der Waals surface area contributed by atoms with E-state index in [1.807, 2.05) is 16.8 Å². The summed E-state index contributed by atoms with van der Waals surface area (Å²) in [6, 6.07) is 3.95. The highest BCUT2D eigenvalue weighted by Gasteiger charge is 2.31. The largest absolute Gasteiger partial charge is 0.340 e. The quantitative estimate of drug-likeness (QED) is 0.743. The van der Waals surface area contributed by atoms with Gasteiger partial charge in [0.25, 0.3) is 5.91 Å². The van der Waals surface area contributed by atoms with Crippen molar-refractivity contribution in [2.24, 2.45) is 0 Å². The SMILES string of the molecule is O=C1CN(C(=O)c2cccn2C2CC2)CC(=O)N1. The number of piperazine rings is 1. The fourth-order valence-corrected chi connectivity index (χ4v) is 2.19. The molecule has 94 valence electrons. The zero-order valence-electron chi connectivity index (χ0n) is 9.76. The Morgan fingerprint density at radius 3 is 2.50 bits per heavy atom. The third-order valence-electron chi connectivity index (χ3n) is 3.17. The highest BCUT2D eigenvalue weighted by atomic mass is 16.2. The van der Waals surface area contributed by atoms with Gasteiger partial charge in [0, 0.05) is 12.2 Å². The second-order valence-electron chi connectivity index (χ2n) is 4.66. The zero-order chi connectivity index (χ0) is 12.7. The van der Waals surface area contributed by atoms with Crippen LogP contribution in [0, 0.1) is 0 Å². The Balaban J connectivity index is 1.83. The van der Waals surface area contributed by atoms with Crippen molar-refractivity contribution in [1.82, 2.24) is 14.8 Å². The Labute approximate surface area is 104 Å². The number of carbonyl (C=O) groups is 3. The van der Waals surface area contributed by atoms with Gasteiger partial charge in [-0.05, 0) is 25.0 Å². The van der Waals surface area contributed by atoms with E-state index in [1.54, 1.807) is 6.07 Å². The van der Waals surface area contributed by atoms with Gasteiger partial charge in [-0.3, -0.25) is 19.7 Å². The molecule has 6 heteroatoms. The van der Waals surface area contributed by atoms with Crippen LogP contribution in [0.5, 0.6) is 0 Å². The number of hydrogen-bond acceptors (Lipinski definition) is 3. The van der Waals surface area contributed by atoms with Crippen molar-refractivity contribution >= 4 is 17.7 Å². The van der Waals surface area contributed by atoms with E-state index in [9.17, 15) is 14.4 Å². The maximum atomic E-state index is 12.3. The molecule has 2 fully saturated rings. The molecule has 0 atom stereocenters. The summed E-state index contributed by atoms with van der Waals surface area (Å²) < 4.78 is 1.93. The smallest absolute Gasteiger partial charge is 0.271 e. The van der Waals surface area contributed by atoms with Crippen LogP contribution in [0.25, 0.3) is 0 Å². The Hall–Kier alpha value is -2.11.